The van der Waals surface area contributed by atoms with Crippen molar-refractivity contribution < 1.29 is 14.0 Å². The minimum Gasteiger partial charge on any atom is -0.463 e. The van der Waals surface area contributed by atoms with Gasteiger partial charge in [0.15, 0.2) is 6.20 Å². The molecule has 12 heavy (non-hydrogen) atoms. The van der Waals surface area contributed by atoms with Crippen molar-refractivity contribution in [1.82, 2.24) is 9.73 Å². The summed E-state index contributed by atoms with van der Waals surface area (Å²) in [6, 6.07) is 1.86. The van der Waals surface area contributed by atoms with Gasteiger partial charge in [-0.25, -0.2) is 4.79 Å². The average molecular weight is 166 g/mol. The quantitative estimate of drug-likeness (QED) is 0.464. The van der Waals surface area contributed by atoms with E-state index in [9.17, 15) is 4.79 Å². The normalized spacial score (nSPS) is 10.4. The Balaban J connectivity index is 2.51. The summed E-state index contributed by atoms with van der Waals surface area (Å²) in [7, 11) is 1.35. The lowest BCUT2D eigenvalue weighted by Crippen LogP contribution is -2.22. The van der Waals surface area contributed by atoms with Gasteiger partial charge in [0, 0.05) is 6.07 Å². The molecule has 0 aliphatic rings. The summed E-state index contributed by atoms with van der Waals surface area (Å²) in [5, 5.41) is 2.83. The number of nitrogens with zero attached hydrogens (tertiary/aromatic N) is 2. The monoisotopic (exact) mass is 166 g/mol. The van der Waals surface area contributed by atoms with E-state index >= 15 is 0 Å². The first-order valence-electron chi connectivity index (χ1n) is 3.47. The van der Waals surface area contributed by atoms with Gasteiger partial charge in [-0.2, -0.15) is 5.10 Å². The molecule has 2 heterocycles. The molecule has 0 amide bonds. The lowest BCUT2D eigenvalue weighted by atomic mass is 10.5. The number of ether oxygens (including phenoxy) is 1. The number of aromatic nitrogens is 3. The van der Waals surface area contributed by atoms with Crippen LogP contribution in [0.5, 0.6) is 0 Å². The Hall–Kier alpha value is -1.78. The van der Waals surface area contributed by atoms with Crippen LogP contribution in [0.25, 0.3) is 0 Å². The number of hydrogen-bond acceptors (Lipinski definition) is 2. The van der Waals surface area contributed by atoms with E-state index in [-0.39, 0.29) is 5.97 Å². The predicted molar refractivity (Wildman–Crippen MR) is 38.7 cm³/mol. The molecule has 0 saturated heterocycles. The Labute approximate surface area is 68.1 Å². The van der Waals surface area contributed by atoms with Gasteiger partial charge in [0.2, 0.25) is 0 Å². The Morgan fingerprint density at radius 1 is 1.75 bits per heavy atom. The summed E-state index contributed by atoms with van der Waals surface area (Å²) in [5.74, 6) is -0.369. The van der Waals surface area contributed by atoms with E-state index in [0.717, 1.165) is 0 Å². The smallest absolute Gasteiger partial charge is 0.383 e. The molecule has 0 saturated carbocycles. The molecule has 1 N–H and O–H groups in total. The number of carbonyl (C=O) groups is 1. The maximum absolute atomic E-state index is 11.0. The first kappa shape index (κ1) is 6.90. The number of esters is 1. The van der Waals surface area contributed by atoms with E-state index in [0.29, 0.717) is 5.69 Å². The Kier molecular flexibility index (Phi) is 1.36. The van der Waals surface area contributed by atoms with Crippen LogP contribution in [0.3, 0.4) is 0 Å². The van der Waals surface area contributed by atoms with Crippen molar-refractivity contribution in [2.75, 3.05) is 7.11 Å². The van der Waals surface area contributed by atoms with E-state index in [1.807, 2.05) is 12.3 Å². The lowest BCUT2D eigenvalue weighted by Gasteiger charge is -1.86. The maximum atomic E-state index is 11.0. The minimum absolute atomic E-state index is 0.369. The molecule has 0 unspecified atom stereocenters. The number of aromatic amines is 1. The van der Waals surface area contributed by atoms with Crippen molar-refractivity contribution in [2.24, 2.45) is 0 Å². The second kappa shape index (κ2) is 2.37. The maximum Gasteiger partial charge on any atom is 0.383 e. The lowest BCUT2D eigenvalue weighted by molar-refractivity contribution is -0.617. The standard InChI is InChI=1S/C7H8N3O2/c1-12-7(11)6-5-9-3-2-4-10(9)8-6/h2-5,8H,1H3/q+1. The molecule has 0 aliphatic carbocycles. The van der Waals surface area contributed by atoms with Crippen LogP contribution < -0.4 is 4.52 Å². The third kappa shape index (κ3) is 0.868. The van der Waals surface area contributed by atoms with Gasteiger partial charge in [0.05, 0.1) is 13.3 Å². The SMILES string of the molecule is COC(=O)c1c[n+]2cccn2[nH]1. The van der Waals surface area contributed by atoms with Crippen LogP contribution in [-0.4, -0.2) is 22.8 Å². The van der Waals surface area contributed by atoms with Crippen LogP contribution in [0.15, 0.2) is 24.7 Å². The van der Waals surface area contributed by atoms with Crippen molar-refractivity contribution in [2.45, 2.75) is 0 Å². The second-order valence-electron chi connectivity index (χ2n) is 2.36. The van der Waals surface area contributed by atoms with Crippen molar-refractivity contribution >= 4 is 5.97 Å². The summed E-state index contributed by atoms with van der Waals surface area (Å²) in [4.78, 5) is 11.0. The number of rotatable bonds is 1. The van der Waals surface area contributed by atoms with Gasteiger partial charge in [-0.15, -0.1) is 4.52 Å². The predicted octanol–water partition coefficient (Wildman–Crippen LogP) is -0.361. The molecular formula is C7H8N3O2+. The summed E-state index contributed by atoms with van der Waals surface area (Å²) >= 11 is 0. The third-order valence-corrected chi connectivity index (χ3v) is 1.62. The van der Waals surface area contributed by atoms with E-state index in [1.165, 1.54) is 7.11 Å². The van der Waals surface area contributed by atoms with Crippen LogP contribution in [0.1, 0.15) is 10.5 Å². The first-order valence-corrected chi connectivity index (χ1v) is 3.47. The minimum atomic E-state index is -0.369. The molecule has 2 aromatic rings. The molecule has 0 atom stereocenters. The molecule has 5 heteroatoms. The fourth-order valence-corrected chi connectivity index (χ4v) is 1.05. The van der Waals surface area contributed by atoms with Crippen LogP contribution in [-0.2, 0) is 4.74 Å². The van der Waals surface area contributed by atoms with Crippen LogP contribution in [0.4, 0.5) is 0 Å². The topological polar surface area (TPSA) is 50.6 Å². The van der Waals surface area contributed by atoms with Crippen molar-refractivity contribution in [3.8, 4) is 0 Å². The molecular weight excluding hydrogens is 158 g/mol. The number of hydrogen-bond donors (Lipinski definition) is 1. The number of H-pyrrole nitrogens is 1. The zero-order chi connectivity index (χ0) is 8.55. The zero-order valence-electron chi connectivity index (χ0n) is 6.52. The van der Waals surface area contributed by atoms with Crippen LogP contribution in [0.2, 0.25) is 0 Å². The van der Waals surface area contributed by atoms with Gasteiger partial charge in [-0.05, 0) is 0 Å². The largest absolute Gasteiger partial charge is 0.463 e. The summed E-state index contributed by atoms with van der Waals surface area (Å²) < 4.78 is 7.95. The summed E-state index contributed by atoms with van der Waals surface area (Å²) in [6.45, 7) is 0. The molecule has 0 aliphatic heterocycles. The highest BCUT2D eigenvalue weighted by molar-refractivity contribution is 5.86. The number of nitrogens with one attached hydrogen (secondary N) is 1. The van der Waals surface area contributed by atoms with Gasteiger partial charge < -0.3 is 4.74 Å². The van der Waals surface area contributed by atoms with E-state index < -0.39 is 0 Å². The molecule has 2 aromatic heterocycles. The van der Waals surface area contributed by atoms with Gasteiger partial charge in [-0.3, -0.25) is 0 Å². The molecule has 0 aromatic carbocycles. The molecule has 0 fully saturated rings. The van der Waals surface area contributed by atoms with Gasteiger partial charge in [0.1, 0.15) is 6.20 Å². The Morgan fingerprint density at radius 2 is 2.58 bits per heavy atom. The molecule has 5 nitrogen and oxygen atoms in total. The van der Waals surface area contributed by atoms with E-state index in [4.69, 9.17) is 0 Å². The average Bonchev–Trinajstić information content (AvgIpc) is 2.60. The Bertz CT molecular complexity index is 386. The van der Waals surface area contributed by atoms with E-state index in [2.05, 4.69) is 9.84 Å². The fraction of sp³-hybridized carbons (Fsp3) is 0.143. The summed E-state index contributed by atoms with van der Waals surface area (Å²) in [5.41, 5.74) is 0.429. The highest BCUT2D eigenvalue weighted by Crippen LogP contribution is 1.92. The van der Waals surface area contributed by atoms with Crippen molar-refractivity contribution in [3.05, 3.63) is 30.4 Å². The highest BCUT2D eigenvalue weighted by atomic mass is 16.5. The third-order valence-electron chi connectivity index (χ3n) is 1.62. The van der Waals surface area contributed by atoms with E-state index in [1.54, 1.807) is 21.5 Å². The van der Waals surface area contributed by atoms with Crippen molar-refractivity contribution in [3.63, 3.8) is 0 Å². The second-order valence-corrected chi connectivity index (χ2v) is 2.36. The van der Waals surface area contributed by atoms with Crippen LogP contribution in [0, 0.1) is 0 Å². The van der Waals surface area contributed by atoms with Crippen molar-refractivity contribution in [1.29, 1.82) is 0 Å². The Morgan fingerprint density at radius 3 is 3.25 bits per heavy atom. The molecule has 0 radical (unpaired) electrons. The first-order chi connectivity index (χ1) is 5.81. The van der Waals surface area contributed by atoms with Gasteiger partial charge in [-0.1, -0.05) is 4.63 Å². The molecule has 62 valence electrons. The molecule has 2 rings (SSSR count). The highest BCUT2D eigenvalue weighted by Gasteiger charge is 2.15. The summed E-state index contributed by atoms with van der Waals surface area (Å²) in [6.07, 6.45) is 5.28. The zero-order valence-corrected chi connectivity index (χ0v) is 6.52. The van der Waals surface area contributed by atoms with Crippen LogP contribution >= 0.6 is 0 Å². The van der Waals surface area contributed by atoms with Gasteiger partial charge >= 0.3 is 5.97 Å². The molecule has 0 bridgehead atoms. The molecule has 0 spiro atoms. The number of fused-ring (bicyclic) bond motifs is 1. The van der Waals surface area contributed by atoms with Gasteiger partial charge in [0.25, 0.3) is 5.69 Å². The number of methoxy groups -OCH3 is 1. The fourth-order valence-electron chi connectivity index (χ4n) is 1.05. The number of carbonyl (C=O) groups excluding carboxylic acids is 1.